The van der Waals surface area contributed by atoms with Crippen LogP contribution in [0.5, 0.6) is 0 Å². The third-order valence-electron chi connectivity index (χ3n) is 7.06. The van der Waals surface area contributed by atoms with E-state index in [4.69, 9.17) is 16.9 Å². The molecule has 35 heavy (non-hydrogen) atoms. The highest BCUT2D eigenvalue weighted by atomic mass is 35.5. The Morgan fingerprint density at radius 3 is 2.74 bits per heavy atom. The van der Waals surface area contributed by atoms with Gasteiger partial charge in [0, 0.05) is 30.9 Å². The van der Waals surface area contributed by atoms with E-state index in [1.165, 1.54) is 17.7 Å². The molecule has 0 bridgehead atoms. The minimum absolute atomic E-state index is 0.626. The second-order valence-electron chi connectivity index (χ2n) is 9.71. The molecule has 4 heterocycles. The van der Waals surface area contributed by atoms with E-state index in [0.29, 0.717) is 23.2 Å². The molecule has 0 spiro atoms. The lowest BCUT2D eigenvalue weighted by Crippen LogP contribution is -2.25. The van der Waals surface area contributed by atoms with E-state index < -0.39 is 0 Å². The summed E-state index contributed by atoms with van der Waals surface area (Å²) in [4.78, 5) is 4.77. The summed E-state index contributed by atoms with van der Waals surface area (Å²) < 4.78 is 4.17. The number of hydrogen-bond donors (Lipinski definition) is 0. The number of benzene rings is 2. The number of halogens is 1. The van der Waals surface area contributed by atoms with Crippen LogP contribution in [-0.2, 0) is 6.54 Å². The van der Waals surface area contributed by atoms with E-state index in [2.05, 4.69) is 73.6 Å². The summed E-state index contributed by atoms with van der Waals surface area (Å²) in [6, 6.07) is 18.4. The maximum absolute atomic E-state index is 9.15. The fourth-order valence-electron chi connectivity index (χ4n) is 5.41. The summed E-state index contributed by atoms with van der Waals surface area (Å²) in [5.74, 6) is 1.46. The van der Waals surface area contributed by atoms with Gasteiger partial charge in [-0.05, 0) is 74.0 Å². The van der Waals surface area contributed by atoms with Crippen LogP contribution in [0.4, 0.5) is 5.69 Å². The van der Waals surface area contributed by atoms with Crippen LogP contribution in [0.25, 0.3) is 28.3 Å². The smallest absolute Gasteiger partial charge is 0.185 e. The number of nitrogens with zero attached hydrogens (tertiary/aromatic N) is 7. The number of nitriles is 1. The average Bonchev–Trinajstić information content (AvgIpc) is 3.57. The Bertz CT molecular complexity index is 1440. The van der Waals surface area contributed by atoms with E-state index in [-0.39, 0.29) is 0 Å². The molecular formula is C27H26ClN7. The van der Waals surface area contributed by atoms with E-state index in [9.17, 15) is 0 Å². The molecule has 6 rings (SSSR count). The average molecular weight is 484 g/mol. The summed E-state index contributed by atoms with van der Waals surface area (Å²) in [6.07, 6.45) is 2.99. The van der Waals surface area contributed by atoms with E-state index in [0.717, 1.165) is 48.0 Å². The Morgan fingerprint density at radius 2 is 1.97 bits per heavy atom. The van der Waals surface area contributed by atoms with Gasteiger partial charge >= 0.3 is 0 Å². The SMILES string of the molecule is CN(C)C[C@H]1CCN(c2ccc3c(c2)Cn2c(cc(-c4ccc(C#N)cc4)c2Cl)-c2nncn2-3)C1. The van der Waals surface area contributed by atoms with Gasteiger partial charge in [-0.15, -0.1) is 10.2 Å². The topological polar surface area (TPSA) is 65.9 Å². The molecule has 1 atom stereocenters. The van der Waals surface area contributed by atoms with Crippen LogP contribution >= 0.6 is 11.6 Å². The molecule has 2 aliphatic heterocycles. The minimum atomic E-state index is 0.626. The quantitative estimate of drug-likeness (QED) is 0.371. The van der Waals surface area contributed by atoms with Crippen molar-refractivity contribution in [3.05, 3.63) is 71.1 Å². The summed E-state index contributed by atoms with van der Waals surface area (Å²) >= 11 is 6.98. The Labute approximate surface area is 209 Å². The van der Waals surface area contributed by atoms with Crippen LogP contribution in [0, 0.1) is 17.2 Å². The number of rotatable bonds is 4. The molecule has 0 amide bonds. The van der Waals surface area contributed by atoms with Crippen molar-refractivity contribution >= 4 is 17.3 Å². The predicted octanol–water partition coefficient (Wildman–Crippen LogP) is 4.68. The lowest BCUT2D eigenvalue weighted by atomic mass is 10.1. The Balaban J connectivity index is 1.40. The van der Waals surface area contributed by atoms with E-state index in [1.807, 2.05) is 24.3 Å². The monoisotopic (exact) mass is 483 g/mol. The minimum Gasteiger partial charge on any atom is -0.371 e. The zero-order valence-electron chi connectivity index (χ0n) is 19.8. The van der Waals surface area contributed by atoms with Crippen LogP contribution in [-0.4, -0.2) is 58.0 Å². The third kappa shape index (κ3) is 3.79. The largest absolute Gasteiger partial charge is 0.371 e. The normalized spacial score (nSPS) is 16.5. The van der Waals surface area contributed by atoms with Crippen LogP contribution in [0.1, 0.15) is 17.5 Å². The highest BCUT2D eigenvalue weighted by Gasteiger charge is 2.27. The summed E-state index contributed by atoms with van der Waals surface area (Å²) in [5.41, 5.74) is 6.96. The van der Waals surface area contributed by atoms with E-state index in [1.54, 1.807) is 6.33 Å². The number of fused-ring (bicyclic) bond motifs is 5. The molecule has 1 fully saturated rings. The maximum atomic E-state index is 9.15. The molecule has 0 aliphatic carbocycles. The second kappa shape index (κ2) is 8.56. The van der Waals surface area contributed by atoms with Gasteiger partial charge in [0.25, 0.3) is 0 Å². The first-order chi connectivity index (χ1) is 17.0. The Kier molecular flexibility index (Phi) is 5.36. The van der Waals surface area contributed by atoms with E-state index >= 15 is 0 Å². The van der Waals surface area contributed by atoms with Gasteiger partial charge in [-0.1, -0.05) is 23.7 Å². The molecule has 2 aromatic heterocycles. The predicted molar refractivity (Wildman–Crippen MR) is 138 cm³/mol. The van der Waals surface area contributed by atoms with Crippen molar-refractivity contribution in [1.29, 1.82) is 5.26 Å². The first-order valence-corrected chi connectivity index (χ1v) is 12.2. The molecule has 4 aromatic rings. The molecule has 0 unspecified atom stereocenters. The van der Waals surface area contributed by atoms with Gasteiger partial charge < -0.3 is 14.4 Å². The van der Waals surface area contributed by atoms with Gasteiger partial charge in [-0.3, -0.25) is 4.57 Å². The number of anilines is 1. The van der Waals surface area contributed by atoms with Crippen molar-refractivity contribution in [3.8, 4) is 34.4 Å². The summed E-state index contributed by atoms with van der Waals surface area (Å²) in [6.45, 7) is 3.92. The van der Waals surface area contributed by atoms with Crippen LogP contribution in [0.2, 0.25) is 5.15 Å². The van der Waals surface area contributed by atoms with Crippen LogP contribution < -0.4 is 4.90 Å². The van der Waals surface area contributed by atoms with Gasteiger partial charge in [-0.25, -0.2) is 0 Å². The molecule has 176 valence electrons. The van der Waals surface area contributed by atoms with Gasteiger partial charge in [-0.2, -0.15) is 5.26 Å². The first-order valence-electron chi connectivity index (χ1n) is 11.8. The molecule has 2 aliphatic rings. The first kappa shape index (κ1) is 21.9. The molecule has 7 nitrogen and oxygen atoms in total. The molecule has 0 saturated carbocycles. The van der Waals surface area contributed by atoms with Crippen molar-refractivity contribution in [1.82, 2.24) is 24.2 Å². The molecule has 0 N–H and O–H groups in total. The van der Waals surface area contributed by atoms with Crippen molar-refractivity contribution in [2.75, 3.05) is 38.6 Å². The fourth-order valence-corrected chi connectivity index (χ4v) is 5.73. The lowest BCUT2D eigenvalue weighted by molar-refractivity contribution is 0.340. The third-order valence-corrected chi connectivity index (χ3v) is 7.47. The van der Waals surface area contributed by atoms with Gasteiger partial charge in [0.05, 0.1) is 29.6 Å². The lowest BCUT2D eigenvalue weighted by Gasteiger charge is -2.22. The van der Waals surface area contributed by atoms with Gasteiger partial charge in [0.1, 0.15) is 11.5 Å². The highest BCUT2D eigenvalue weighted by molar-refractivity contribution is 6.32. The molecule has 8 heteroatoms. The molecule has 0 radical (unpaired) electrons. The molecule has 1 saturated heterocycles. The molecular weight excluding hydrogens is 458 g/mol. The Morgan fingerprint density at radius 1 is 1.14 bits per heavy atom. The van der Waals surface area contributed by atoms with Crippen molar-refractivity contribution in [3.63, 3.8) is 0 Å². The van der Waals surface area contributed by atoms with Crippen molar-refractivity contribution in [2.24, 2.45) is 5.92 Å². The number of hydrogen-bond acceptors (Lipinski definition) is 5. The van der Waals surface area contributed by atoms with Crippen molar-refractivity contribution < 1.29 is 0 Å². The fraction of sp³-hybridized carbons (Fsp3) is 0.296. The second-order valence-corrected chi connectivity index (χ2v) is 10.1. The zero-order chi connectivity index (χ0) is 24.1. The van der Waals surface area contributed by atoms with Crippen molar-refractivity contribution in [2.45, 2.75) is 13.0 Å². The van der Waals surface area contributed by atoms with Gasteiger partial charge in [0.2, 0.25) is 0 Å². The highest BCUT2D eigenvalue weighted by Crippen LogP contribution is 2.40. The van der Waals surface area contributed by atoms with Crippen LogP contribution in [0.15, 0.2) is 54.9 Å². The van der Waals surface area contributed by atoms with Crippen LogP contribution in [0.3, 0.4) is 0 Å². The Hall–Kier alpha value is -3.60. The summed E-state index contributed by atoms with van der Waals surface area (Å²) in [7, 11) is 4.29. The molecule has 2 aromatic carbocycles. The number of aromatic nitrogens is 4. The van der Waals surface area contributed by atoms with Gasteiger partial charge in [0.15, 0.2) is 5.82 Å². The zero-order valence-corrected chi connectivity index (χ0v) is 20.6. The standard InChI is InChI=1S/C27H26ClN7/c1-32(2)14-19-9-10-33(15-19)22-7-8-24-21(11-22)16-34-25(27-31-30-17-35(24)27)12-23(26(34)28)20-5-3-18(13-29)4-6-20/h3-8,11-12,17,19H,9-10,14-16H2,1-2H3/t19-/m1/s1. The maximum Gasteiger partial charge on any atom is 0.185 e. The summed E-state index contributed by atoms with van der Waals surface area (Å²) in [5, 5.41) is 18.5.